The standard InChI is InChI=1S/C27H22N4/c1-17-4-6-18(7-5-17)20-10-13-23-22(14-20)25-24(15-29-23)30-31-26(25)19-8-11-21(12-9-19)27(2,3)16-28/h4-15H,1-3H3,(H,30,31). The Hall–Kier alpha value is -3.97. The molecule has 5 rings (SSSR count). The Morgan fingerprint density at radius 3 is 2.26 bits per heavy atom. The highest BCUT2D eigenvalue weighted by atomic mass is 15.1. The van der Waals surface area contributed by atoms with Gasteiger partial charge in [-0.25, -0.2) is 0 Å². The van der Waals surface area contributed by atoms with Crippen LogP contribution in [-0.4, -0.2) is 15.2 Å². The van der Waals surface area contributed by atoms with Crippen LogP contribution in [0.15, 0.2) is 72.9 Å². The number of nitriles is 1. The minimum absolute atomic E-state index is 0.522. The van der Waals surface area contributed by atoms with Crippen LogP contribution in [0.2, 0.25) is 0 Å². The van der Waals surface area contributed by atoms with E-state index in [9.17, 15) is 5.26 Å². The van der Waals surface area contributed by atoms with Crippen molar-refractivity contribution in [1.82, 2.24) is 15.2 Å². The van der Waals surface area contributed by atoms with Crippen molar-refractivity contribution < 1.29 is 0 Å². The lowest BCUT2D eigenvalue weighted by atomic mass is 9.86. The van der Waals surface area contributed by atoms with E-state index in [1.165, 1.54) is 11.1 Å². The van der Waals surface area contributed by atoms with Gasteiger partial charge in [0.15, 0.2) is 0 Å². The fourth-order valence-electron chi connectivity index (χ4n) is 3.95. The molecule has 0 unspecified atom stereocenters. The number of hydrogen-bond acceptors (Lipinski definition) is 3. The van der Waals surface area contributed by atoms with E-state index in [1.54, 1.807) is 0 Å². The summed E-state index contributed by atoms with van der Waals surface area (Å²) in [5.41, 5.74) is 7.80. The average Bonchev–Trinajstić information content (AvgIpc) is 3.24. The highest BCUT2D eigenvalue weighted by Gasteiger charge is 2.20. The van der Waals surface area contributed by atoms with Crippen LogP contribution in [0, 0.1) is 18.3 Å². The van der Waals surface area contributed by atoms with Gasteiger partial charge in [0.05, 0.1) is 28.7 Å². The van der Waals surface area contributed by atoms with E-state index in [0.29, 0.717) is 0 Å². The summed E-state index contributed by atoms with van der Waals surface area (Å²) in [5.74, 6) is 0. The van der Waals surface area contributed by atoms with Gasteiger partial charge in [-0.15, -0.1) is 0 Å². The van der Waals surface area contributed by atoms with Gasteiger partial charge in [0.2, 0.25) is 0 Å². The maximum absolute atomic E-state index is 9.42. The van der Waals surface area contributed by atoms with E-state index in [4.69, 9.17) is 0 Å². The molecule has 150 valence electrons. The second kappa shape index (κ2) is 7.07. The number of benzene rings is 3. The predicted octanol–water partition coefficient (Wildman–Crippen LogP) is 6.55. The molecule has 1 N–H and O–H groups in total. The Morgan fingerprint density at radius 2 is 1.55 bits per heavy atom. The van der Waals surface area contributed by atoms with Crippen LogP contribution in [-0.2, 0) is 5.41 Å². The van der Waals surface area contributed by atoms with Gasteiger partial charge in [-0.2, -0.15) is 10.4 Å². The lowest BCUT2D eigenvalue weighted by Gasteiger charge is -2.15. The molecule has 0 amide bonds. The fraction of sp³-hybridized carbons (Fsp3) is 0.148. The lowest BCUT2D eigenvalue weighted by molar-refractivity contribution is 0.687. The van der Waals surface area contributed by atoms with Crippen LogP contribution in [0.5, 0.6) is 0 Å². The molecule has 2 aromatic heterocycles. The number of aromatic amines is 1. The highest BCUT2D eigenvalue weighted by Crippen LogP contribution is 2.35. The molecule has 0 bridgehead atoms. The number of rotatable bonds is 3. The first-order valence-corrected chi connectivity index (χ1v) is 10.3. The first-order valence-electron chi connectivity index (χ1n) is 10.3. The van der Waals surface area contributed by atoms with E-state index >= 15 is 0 Å². The molecule has 4 heteroatoms. The van der Waals surface area contributed by atoms with Crippen LogP contribution >= 0.6 is 0 Å². The topological polar surface area (TPSA) is 65.4 Å². The van der Waals surface area contributed by atoms with E-state index in [2.05, 4.69) is 70.6 Å². The number of pyridine rings is 1. The minimum atomic E-state index is -0.522. The Kier molecular flexibility index (Phi) is 4.34. The van der Waals surface area contributed by atoms with Crippen molar-refractivity contribution in [1.29, 1.82) is 5.26 Å². The number of aromatic nitrogens is 3. The van der Waals surface area contributed by atoms with Crippen molar-refractivity contribution in [2.24, 2.45) is 0 Å². The molecule has 2 heterocycles. The van der Waals surface area contributed by atoms with Crippen molar-refractivity contribution in [2.75, 3.05) is 0 Å². The molecule has 0 radical (unpaired) electrons. The molecule has 0 aliphatic carbocycles. The van der Waals surface area contributed by atoms with Crippen molar-refractivity contribution in [3.05, 3.63) is 84.1 Å². The zero-order chi connectivity index (χ0) is 21.6. The molecule has 31 heavy (non-hydrogen) atoms. The predicted molar refractivity (Wildman–Crippen MR) is 126 cm³/mol. The second-order valence-electron chi connectivity index (χ2n) is 8.53. The Morgan fingerprint density at radius 1 is 0.871 bits per heavy atom. The molecular weight excluding hydrogens is 380 g/mol. The third kappa shape index (κ3) is 3.25. The monoisotopic (exact) mass is 402 g/mol. The first-order chi connectivity index (χ1) is 15.0. The molecule has 0 fully saturated rings. The molecule has 0 atom stereocenters. The van der Waals surface area contributed by atoms with Crippen molar-refractivity contribution in [3.63, 3.8) is 0 Å². The van der Waals surface area contributed by atoms with E-state index in [-0.39, 0.29) is 0 Å². The average molecular weight is 403 g/mol. The molecule has 0 aliphatic heterocycles. The Bertz CT molecular complexity index is 1450. The van der Waals surface area contributed by atoms with Crippen LogP contribution in [0.4, 0.5) is 0 Å². The SMILES string of the molecule is Cc1ccc(-c2ccc3ncc4[nH]nc(-c5ccc(C(C)(C)C#N)cc5)c4c3c2)cc1. The largest absolute Gasteiger partial charge is 0.276 e. The van der Waals surface area contributed by atoms with Gasteiger partial charge in [-0.1, -0.05) is 60.2 Å². The smallest absolute Gasteiger partial charge is 0.101 e. The van der Waals surface area contributed by atoms with Crippen molar-refractivity contribution >= 4 is 21.8 Å². The molecule has 0 saturated heterocycles. The van der Waals surface area contributed by atoms with Gasteiger partial charge < -0.3 is 0 Å². The zero-order valence-electron chi connectivity index (χ0n) is 17.8. The van der Waals surface area contributed by atoms with Crippen LogP contribution in [0.1, 0.15) is 25.0 Å². The normalized spacial score (nSPS) is 11.7. The van der Waals surface area contributed by atoms with Crippen molar-refractivity contribution in [3.8, 4) is 28.5 Å². The third-order valence-corrected chi connectivity index (χ3v) is 5.94. The minimum Gasteiger partial charge on any atom is -0.276 e. The van der Waals surface area contributed by atoms with Gasteiger partial charge in [-0.3, -0.25) is 10.1 Å². The van der Waals surface area contributed by atoms with Gasteiger partial charge in [0, 0.05) is 16.3 Å². The van der Waals surface area contributed by atoms with Crippen LogP contribution < -0.4 is 0 Å². The maximum Gasteiger partial charge on any atom is 0.101 e. The second-order valence-corrected chi connectivity index (χ2v) is 8.53. The Labute approximate surface area is 181 Å². The first kappa shape index (κ1) is 19.0. The summed E-state index contributed by atoms with van der Waals surface area (Å²) in [6.45, 7) is 5.95. The number of nitrogens with zero attached hydrogens (tertiary/aromatic N) is 3. The number of H-pyrrole nitrogens is 1. The highest BCUT2D eigenvalue weighted by molar-refractivity contribution is 6.11. The summed E-state index contributed by atoms with van der Waals surface area (Å²) in [4.78, 5) is 4.62. The molecular formula is C27H22N4. The van der Waals surface area contributed by atoms with E-state index in [1.807, 2.05) is 44.3 Å². The Balaban J connectivity index is 1.68. The molecule has 0 saturated carbocycles. The number of fused-ring (bicyclic) bond motifs is 3. The molecule has 0 aliphatic rings. The number of nitrogens with one attached hydrogen (secondary N) is 1. The molecule has 3 aromatic carbocycles. The summed E-state index contributed by atoms with van der Waals surface area (Å²) in [6.07, 6.45) is 1.84. The number of aryl methyl sites for hydroxylation is 1. The lowest BCUT2D eigenvalue weighted by Crippen LogP contribution is -2.13. The summed E-state index contributed by atoms with van der Waals surface area (Å²) in [5, 5.41) is 19.3. The zero-order valence-corrected chi connectivity index (χ0v) is 17.8. The molecule has 5 aromatic rings. The summed E-state index contributed by atoms with van der Waals surface area (Å²) >= 11 is 0. The quantitative estimate of drug-likeness (QED) is 0.372. The molecule has 0 spiro atoms. The van der Waals surface area contributed by atoms with Gasteiger partial charge in [-0.05, 0) is 49.6 Å². The number of hydrogen-bond donors (Lipinski definition) is 1. The van der Waals surface area contributed by atoms with Crippen LogP contribution in [0.3, 0.4) is 0 Å². The van der Waals surface area contributed by atoms with E-state index in [0.717, 1.165) is 44.2 Å². The van der Waals surface area contributed by atoms with Gasteiger partial charge in [0.25, 0.3) is 0 Å². The molecule has 4 nitrogen and oxygen atoms in total. The van der Waals surface area contributed by atoms with E-state index < -0.39 is 5.41 Å². The van der Waals surface area contributed by atoms with Crippen molar-refractivity contribution in [2.45, 2.75) is 26.2 Å². The third-order valence-electron chi connectivity index (χ3n) is 5.94. The van der Waals surface area contributed by atoms with Gasteiger partial charge >= 0.3 is 0 Å². The van der Waals surface area contributed by atoms with Crippen LogP contribution in [0.25, 0.3) is 44.2 Å². The summed E-state index contributed by atoms with van der Waals surface area (Å²) in [7, 11) is 0. The maximum atomic E-state index is 9.42. The summed E-state index contributed by atoms with van der Waals surface area (Å²) in [6, 6.07) is 25.4. The fourth-order valence-corrected chi connectivity index (χ4v) is 3.95. The van der Waals surface area contributed by atoms with Gasteiger partial charge in [0.1, 0.15) is 5.69 Å². The summed E-state index contributed by atoms with van der Waals surface area (Å²) < 4.78 is 0.